The van der Waals surface area contributed by atoms with Crippen molar-refractivity contribution in [3.05, 3.63) is 54.1 Å². The number of carbonyl (C=O) groups is 1. The molecule has 0 saturated carbocycles. The molecule has 6 heteroatoms. The lowest BCUT2D eigenvalue weighted by Crippen LogP contribution is -2.15. The van der Waals surface area contributed by atoms with Crippen LogP contribution >= 0.6 is 0 Å². The van der Waals surface area contributed by atoms with Crippen molar-refractivity contribution in [3.8, 4) is 0 Å². The van der Waals surface area contributed by atoms with Crippen LogP contribution in [0.25, 0.3) is 0 Å². The maximum Gasteiger partial charge on any atom is 0.261 e. The molecule has 0 aliphatic heterocycles. The number of anilines is 2. The molecule has 5 nitrogen and oxygen atoms in total. The molecule has 0 aliphatic rings. The molecule has 0 radical (unpaired) electrons. The van der Waals surface area contributed by atoms with Crippen LogP contribution in [0.3, 0.4) is 0 Å². The van der Waals surface area contributed by atoms with Crippen LogP contribution in [-0.2, 0) is 14.8 Å². The van der Waals surface area contributed by atoms with Crippen molar-refractivity contribution in [1.82, 2.24) is 0 Å². The monoisotopic (exact) mass is 332 g/mol. The zero-order valence-corrected chi connectivity index (χ0v) is 14.1. The molecule has 0 heterocycles. The van der Waals surface area contributed by atoms with Gasteiger partial charge in [-0.15, -0.1) is 0 Å². The minimum atomic E-state index is -3.72. The highest BCUT2D eigenvalue weighted by Crippen LogP contribution is 2.25. The number of para-hydroxylation sites is 2. The number of carbonyl (C=O) groups excluding carboxylic acids is 1. The van der Waals surface area contributed by atoms with Crippen molar-refractivity contribution in [2.24, 2.45) is 0 Å². The van der Waals surface area contributed by atoms with Crippen LogP contribution in [0.5, 0.6) is 0 Å². The first kappa shape index (κ1) is 17.0. The van der Waals surface area contributed by atoms with Gasteiger partial charge in [0.15, 0.2) is 0 Å². The Kier molecular flexibility index (Phi) is 5.05. The van der Waals surface area contributed by atoms with Crippen LogP contribution in [0.15, 0.2) is 53.4 Å². The van der Waals surface area contributed by atoms with Gasteiger partial charge in [0.1, 0.15) is 0 Å². The Morgan fingerprint density at radius 1 is 0.957 bits per heavy atom. The molecule has 2 rings (SSSR count). The molecular formula is C17H20N2O3S. The number of amides is 1. The van der Waals surface area contributed by atoms with Crippen LogP contribution in [0.4, 0.5) is 11.4 Å². The highest BCUT2D eigenvalue weighted by Gasteiger charge is 2.16. The van der Waals surface area contributed by atoms with Gasteiger partial charge in [0, 0.05) is 6.92 Å². The van der Waals surface area contributed by atoms with E-state index in [0.717, 1.165) is 5.56 Å². The van der Waals surface area contributed by atoms with Crippen LogP contribution < -0.4 is 10.0 Å². The fourth-order valence-electron chi connectivity index (χ4n) is 2.11. The van der Waals surface area contributed by atoms with Crippen LogP contribution in [0.2, 0.25) is 0 Å². The molecule has 0 aliphatic carbocycles. The van der Waals surface area contributed by atoms with Gasteiger partial charge in [-0.3, -0.25) is 9.52 Å². The molecule has 0 spiro atoms. The second kappa shape index (κ2) is 6.83. The predicted molar refractivity (Wildman–Crippen MR) is 92.1 cm³/mol. The Labute approximate surface area is 136 Å². The maximum absolute atomic E-state index is 12.5. The topological polar surface area (TPSA) is 75.3 Å². The predicted octanol–water partition coefficient (Wildman–Crippen LogP) is 3.57. The minimum Gasteiger partial charge on any atom is -0.325 e. The summed E-state index contributed by atoms with van der Waals surface area (Å²) in [6.45, 7) is 5.47. The molecule has 1 amide bonds. The summed E-state index contributed by atoms with van der Waals surface area (Å²) in [6.07, 6.45) is 0. The largest absolute Gasteiger partial charge is 0.325 e. The Hall–Kier alpha value is -2.34. The summed E-state index contributed by atoms with van der Waals surface area (Å²) in [5.74, 6) is 0.0677. The summed E-state index contributed by atoms with van der Waals surface area (Å²) in [6, 6.07) is 13.4. The van der Waals surface area contributed by atoms with E-state index in [9.17, 15) is 13.2 Å². The number of benzene rings is 2. The van der Waals surface area contributed by atoms with Gasteiger partial charge in [0.05, 0.1) is 16.3 Å². The third kappa shape index (κ3) is 4.32. The van der Waals surface area contributed by atoms with Gasteiger partial charge < -0.3 is 5.32 Å². The van der Waals surface area contributed by atoms with E-state index >= 15 is 0 Å². The normalized spacial score (nSPS) is 11.3. The molecule has 23 heavy (non-hydrogen) atoms. The van der Waals surface area contributed by atoms with Crippen LogP contribution in [-0.4, -0.2) is 14.3 Å². The number of rotatable bonds is 5. The van der Waals surface area contributed by atoms with Gasteiger partial charge >= 0.3 is 0 Å². The second-order valence-corrected chi connectivity index (χ2v) is 7.24. The summed E-state index contributed by atoms with van der Waals surface area (Å²) in [4.78, 5) is 11.4. The Bertz CT molecular complexity index is 797. The third-order valence-electron chi connectivity index (χ3n) is 3.34. The molecule has 2 aromatic rings. The molecular weight excluding hydrogens is 312 g/mol. The summed E-state index contributed by atoms with van der Waals surface area (Å²) >= 11 is 0. The molecule has 0 aromatic heterocycles. The maximum atomic E-state index is 12.5. The van der Waals surface area contributed by atoms with Crippen molar-refractivity contribution < 1.29 is 13.2 Å². The molecule has 0 fully saturated rings. The SMILES string of the molecule is CC(=O)Nc1ccccc1NS(=O)(=O)c1ccc(C(C)C)cc1. The fraction of sp³-hybridized carbons (Fsp3) is 0.235. The van der Waals surface area contributed by atoms with E-state index in [1.54, 1.807) is 48.5 Å². The van der Waals surface area contributed by atoms with Gasteiger partial charge in [-0.2, -0.15) is 0 Å². The van der Waals surface area contributed by atoms with Gasteiger partial charge in [0.2, 0.25) is 5.91 Å². The molecule has 0 unspecified atom stereocenters. The smallest absolute Gasteiger partial charge is 0.261 e. The lowest BCUT2D eigenvalue weighted by molar-refractivity contribution is -0.114. The van der Waals surface area contributed by atoms with E-state index in [-0.39, 0.29) is 10.8 Å². The zero-order valence-electron chi connectivity index (χ0n) is 13.3. The van der Waals surface area contributed by atoms with E-state index in [2.05, 4.69) is 10.0 Å². The average molecular weight is 332 g/mol. The molecule has 2 aromatic carbocycles. The molecule has 122 valence electrons. The van der Waals surface area contributed by atoms with Gasteiger partial charge in [-0.05, 0) is 35.7 Å². The minimum absolute atomic E-state index is 0.180. The lowest BCUT2D eigenvalue weighted by atomic mass is 10.0. The van der Waals surface area contributed by atoms with Gasteiger partial charge in [-0.1, -0.05) is 38.1 Å². The fourth-order valence-corrected chi connectivity index (χ4v) is 3.19. The van der Waals surface area contributed by atoms with Gasteiger partial charge in [-0.25, -0.2) is 8.42 Å². The molecule has 0 bridgehead atoms. The van der Waals surface area contributed by atoms with Crippen LogP contribution in [0.1, 0.15) is 32.3 Å². The van der Waals surface area contributed by atoms with Gasteiger partial charge in [0.25, 0.3) is 10.0 Å². The molecule has 0 saturated heterocycles. The van der Waals surface area contributed by atoms with Crippen molar-refractivity contribution in [2.45, 2.75) is 31.6 Å². The first-order valence-electron chi connectivity index (χ1n) is 7.29. The number of hydrogen-bond acceptors (Lipinski definition) is 3. The number of sulfonamides is 1. The summed E-state index contributed by atoms with van der Waals surface area (Å²) in [5.41, 5.74) is 1.82. The van der Waals surface area contributed by atoms with E-state index in [1.165, 1.54) is 6.92 Å². The van der Waals surface area contributed by atoms with E-state index in [0.29, 0.717) is 17.3 Å². The van der Waals surface area contributed by atoms with E-state index in [4.69, 9.17) is 0 Å². The summed E-state index contributed by atoms with van der Waals surface area (Å²) in [5, 5.41) is 2.61. The van der Waals surface area contributed by atoms with Crippen molar-refractivity contribution in [2.75, 3.05) is 10.0 Å². The number of nitrogens with one attached hydrogen (secondary N) is 2. The van der Waals surface area contributed by atoms with Crippen molar-refractivity contribution in [1.29, 1.82) is 0 Å². The quantitative estimate of drug-likeness (QED) is 0.879. The Morgan fingerprint density at radius 3 is 2.04 bits per heavy atom. The van der Waals surface area contributed by atoms with Crippen LogP contribution in [0, 0.1) is 0 Å². The molecule has 0 atom stereocenters. The highest BCUT2D eigenvalue weighted by molar-refractivity contribution is 7.92. The Morgan fingerprint density at radius 2 is 1.52 bits per heavy atom. The summed E-state index contributed by atoms with van der Waals surface area (Å²) in [7, 11) is -3.72. The zero-order chi connectivity index (χ0) is 17.0. The lowest BCUT2D eigenvalue weighted by Gasteiger charge is -2.13. The van der Waals surface area contributed by atoms with Crippen molar-refractivity contribution in [3.63, 3.8) is 0 Å². The first-order valence-corrected chi connectivity index (χ1v) is 8.77. The average Bonchev–Trinajstić information content (AvgIpc) is 2.48. The second-order valence-electron chi connectivity index (χ2n) is 5.56. The highest BCUT2D eigenvalue weighted by atomic mass is 32.2. The van der Waals surface area contributed by atoms with E-state index in [1.807, 2.05) is 13.8 Å². The Balaban J connectivity index is 2.30. The third-order valence-corrected chi connectivity index (χ3v) is 4.72. The standard InChI is InChI=1S/C17H20N2O3S/c1-12(2)14-8-10-15(11-9-14)23(21,22)19-17-7-5-4-6-16(17)18-13(3)20/h4-12,19H,1-3H3,(H,18,20). The summed E-state index contributed by atoms with van der Waals surface area (Å²) < 4.78 is 27.5. The number of hydrogen-bond donors (Lipinski definition) is 2. The molecule has 2 N–H and O–H groups in total. The van der Waals surface area contributed by atoms with Crippen molar-refractivity contribution >= 4 is 27.3 Å². The first-order chi connectivity index (χ1) is 10.8. The van der Waals surface area contributed by atoms with E-state index < -0.39 is 10.0 Å².